The van der Waals surface area contributed by atoms with E-state index in [4.69, 9.17) is 4.74 Å². The zero-order valence-electron chi connectivity index (χ0n) is 17.0. The fraction of sp³-hybridized carbons (Fsp3) is 0.125. The smallest absolute Gasteiger partial charge is 0.266 e. The van der Waals surface area contributed by atoms with E-state index in [9.17, 15) is 14.0 Å². The molecule has 3 aromatic carbocycles. The molecule has 0 N–H and O–H groups in total. The molecule has 1 aromatic heterocycles. The van der Waals surface area contributed by atoms with E-state index in [2.05, 4.69) is 4.98 Å². The fourth-order valence-electron chi connectivity index (χ4n) is 3.18. The van der Waals surface area contributed by atoms with E-state index in [0.29, 0.717) is 21.7 Å². The molecule has 7 heteroatoms. The van der Waals surface area contributed by atoms with Crippen molar-refractivity contribution in [3.8, 4) is 11.4 Å². The Hall–Kier alpha value is -3.45. The number of methoxy groups -OCH3 is 1. The molecule has 0 fully saturated rings. The maximum absolute atomic E-state index is 14.0. The van der Waals surface area contributed by atoms with Gasteiger partial charge in [-0.3, -0.25) is 14.2 Å². The van der Waals surface area contributed by atoms with Gasteiger partial charge in [-0.05, 0) is 49.4 Å². The minimum atomic E-state index is -0.598. The molecular formula is C24H19FN2O3S. The van der Waals surface area contributed by atoms with Crippen molar-refractivity contribution < 1.29 is 13.9 Å². The van der Waals surface area contributed by atoms with Crippen LogP contribution in [0.1, 0.15) is 15.9 Å². The van der Waals surface area contributed by atoms with Crippen molar-refractivity contribution in [2.45, 2.75) is 12.1 Å². The van der Waals surface area contributed by atoms with E-state index < -0.39 is 5.82 Å². The Balaban J connectivity index is 1.72. The Morgan fingerprint density at radius 3 is 2.55 bits per heavy atom. The summed E-state index contributed by atoms with van der Waals surface area (Å²) in [5.41, 5.74) is 2.31. The van der Waals surface area contributed by atoms with E-state index >= 15 is 0 Å². The topological polar surface area (TPSA) is 61.2 Å². The molecule has 0 saturated carbocycles. The monoisotopic (exact) mass is 434 g/mol. The zero-order valence-corrected chi connectivity index (χ0v) is 17.8. The zero-order chi connectivity index (χ0) is 22.0. The van der Waals surface area contributed by atoms with Crippen molar-refractivity contribution in [2.24, 2.45) is 0 Å². The quantitative estimate of drug-likeness (QED) is 0.247. The number of benzene rings is 3. The van der Waals surface area contributed by atoms with Crippen molar-refractivity contribution in [3.05, 3.63) is 94.0 Å². The van der Waals surface area contributed by atoms with Gasteiger partial charge in [0.05, 0.1) is 29.5 Å². The highest BCUT2D eigenvalue weighted by molar-refractivity contribution is 7.99. The van der Waals surface area contributed by atoms with Crippen LogP contribution < -0.4 is 10.3 Å². The van der Waals surface area contributed by atoms with Gasteiger partial charge < -0.3 is 4.74 Å². The Morgan fingerprint density at radius 2 is 1.84 bits per heavy atom. The first-order valence-electron chi connectivity index (χ1n) is 9.56. The number of aryl methyl sites for hydroxylation is 1. The van der Waals surface area contributed by atoms with Gasteiger partial charge in [0.25, 0.3) is 5.56 Å². The Labute approximate surface area is 182 Å². The van der Waals surface area contributed by atoms with Crippen molar-refractivity contribution in [3.63, 3.8) is 0 Å². The average Bonchev–Trinajstić information content (AvgIpc) is 2.78. The maximum atomic E-state index is 14.0. The molecule has 31 heavy (non-hydrogen) atoms. The summed E-state index contributed by atoms with van der Waals surface area (Å²) in [6, 6.07) is 18.7. The van der Waals surface area contributed by atoms with E-state index in [0.717, 1.165) is 23.4 Å². The van der Waals surface area contributed by atoms with Crippen molar-refractivity contribution in [2.75, 3.05) is 12.9 Å². The van der Waals surface area contributed by atoms with E-state index in [1.165, 1.54) is 23.8 Å². The highest BCUT2D eigenvalue weighted by Crippen LogP contribution is 2.24. The predicted octanol–water partition coefficient (Wildman–Crippen LogP) is 4.82. The number of ketones is 1. The predicted molar refractivity (Wildman–Crippen MR) is 120 cm³/mol. The average molecular weight is 434 g/mol. The molecule has 1 heterocycles. The second kappa shape index (κ2) is 8.73. The number of hydrogen-bond acceptors (Lipinski definition) is 5. The van der Waals surface area contributed by atoms with Crippen LogP contribution in [0.3, 0.4) is 0 Å². The molecule has 0 atom stereocenters. The van der Waals surface area contributed by atoms with Crippen molar-refractivity contribution in [1.29, 1.82) is 0 Å². The van der Waals surface area contributed by atoms with Crippen LogP contribution in [0, 0.1) is 12.7 Å². The highest BCUT2D eigenvalue weighted by atomic mass is 32.2. The van der Waals surface area contributed by atoms with Crippen LogP contribution in [0.15, 0.2) is 76.7 Å². The number of carbonyl (C=O) groups is 1. The lowest BCUT2D eigenvalue weighted by molar-refractivity contribution is 0.102. The van der Waals surface area contributed by atoms with Gasteiger partial charge in [-0.1, -0.05) is 41.6 Å². The molecule has 0 saturated heterocycles. The number of nitrogens with zero attached hydrogens (tertiary/aromatic N) is 2. The summed E-state index contributed by atoms with van der Waals surface area (Å²) in [5, 5.41) is 0.894. The Morgan fingerprint density at radius 1 is 1.10 bits per heavy atom. The van der Waals surface area contributed by atoms with Crippen molar-refractivity contribution in [1.82, 2.24) is 9.55 Å². The normalized spacial score (nSPS) is 10.9. The molecule has 0 aliphatic carbocycles. The van der Waals surface area contributed by atoms with Crippen molar-refractivity contribution >= 4 is 28.4 Å². The number of aromatic nitrogens is 2. The third-order valence-electron chi connectivity index (χ3n) is 4.84. The van der Waals surface area contributed by atoms with E-state index in [1.54, 1.807) is 18.2 Å². The van der Waals surface area contributed by atoms with Gasteiger partial charge in [0.2, 0.25) is 0 Å². The third kappa shape index (κ3) is 4.22. The summed E-state index contributed by atoms with van der Waals surface area (Å²) in [7, 11) is 1.37. The number of carbonyl (C=O) groups excluding carboxylic acids is 1. The van der Waals surface area contributed by atoms with Gasteiger partial charge >= 0.3 is 0 Å². The van der Waals surface area contributed by atoms with Gasteiger partial charge in [0.15, 0.2) is 22.5 Å². The second-order valence-corrected chi connectivity index (χ2v) is 7.89. The first-order chi connectivity index (χ1) is 15.0. The number of rotatable bonds is 6. The van der Waals surface area contributed by atoms with Crippen LogP contribution in [0.2, 0.25) is 0 Å². The minimum Gasteiger partial charge on any atom is -0.494 e. The standard InChI is InChI=1S/C24H19FN2O3S/c1-15-7-10-17(11-8-15)27-23(29)18-5-3-4-6-20(18)26-24(27)31-14-21(28)16-9-12-22(30-2)19(25)13-16/h3-13H,14H2,1-2H3. The van der Waals surface area contributed by atoms with Crippen LogP contribution >= 0.6 is 11.8 Å². The van der Waals surface area contributed by atoms with Crippen LogP contribution in [-0.2, 0) is 0 Å². The largest absolute Gasteiger partial charge is 0.494 e. The minimum absolute atomic E-state index is 0.00239. The summed E-state index contributed by atoms with van der Waals surface area (Å²) >= 11 is 1.14. The summed E-state index contributed by atoms with van der Waals surface area (Å²) in [6.07, 6.45) is 0. The third-order valence-corrected chi connectivity index (χ3v) is 5.78. The molecule has 156 valence electrons. The summed E-state index contributed by atoms with van der Waals surface area (Å²) in [5.74, 6) is -0.792. The Bertz CT molecular complexity index is 1330. The summed E-state index contributed by atoms with van der Waals surface area (Å²) < 4.78 is 20.4. The van der Waals surface area contributed by atoms with Crippen LogP contribution in [0.25, 0.3) is 16.6 Å². The van der Waals surface area contributed by atoms with E-state index in [-0.39, 0.29) is 28.4 Å². The Kier molecular flexibility index (Phi) is 5.86. The van der Waals surface area contributed by atoms with Crippen LogP contribution in [0.4, 0.5) is 4.39 Å². The summed E-state index contributed by atoms with van der Waals surface area (Å²) in [4.78, 5) is 30.5. The van der Waals surface area contributed by atoms with Crippen LogP contribution in [-0.4, -0.2) is 28.2 Å². The molecule has 0 unspecified atom stereocenters. The number of halogens is 1. The van der Waals surface area contributed by atoms with E-state index in [1.807, 2.05) is 37.3 Å². The molecule has 0 bridgehead atoms. The lowest BCUT2D eigenvalue weighted by atomic mass is 10.1. The maximum Gasteiger partial charge on any atom is 0.266 e. The van der Waals surface area contributed by atoms with Gasteiger partial charge in [0.1, 0.15) is 0 Å². The molecule has 0 aliphatic heterocycles. The SMILES string of the molecule is COc1ccc(C(=O)CSc2nc3ccccc3c(=O)n2-c2ccc(C)cc2)cc1F. The second-order valence-electron chi connectivity index (χ2n) is 6.95. The molecule has 4 rings (SSSR count). The molecule has 0 amide bonds. The van der Waals surface area contributed by atoms with Gasteiger partial charge in [-0.15, -0.1) is 0 Å². The number of thioether (sulfide) groups is 1. The highest BCUT2D eigenvalue weighted by Gasteiger charge is 2.16. The molecule has 4 aromatic rings. The number of hydrogen-bond donors (Lipinski definition) is 0. The number of Topliss-reactive ketones (excluding diaryl/α,β-unsaturated/α-hetero) is 1. The fourth-order valence-corrected chi connectivity index (χ4v) is 4.09. The molecular weight excluding hydrogens is 415 g/mol. The summed E-state index contributed by atoms with van der Waals surface area (Å²) in [6.45, 7) is 1.97. The van der Waals surface area contributed by atoms with Gasteiger partial charge in [-0.25, -0.2) is 9.37 Å². The number of ether oxygens (including phenoxy) is 1. The van der Waals surface area contributed by atoms with Gasteiger partial charge in [0, 0.05) is 5.56 Å². The first-order valence-corrected chi connectivity index (χ1v) is 10.5. The molecule has 0 aliphatic rings. The molecule has 0 spiro atoms. The van der Waals surface area contributed by atoms with Crippen LogP contribution in [0.5, 0.6) is 5.75 Å². The molecule has 5 nitrogen and oxygen atoms in total. The lowest BCUT2D eigenvalue weighted by Gasteiger charge is -2.13. The van der Waals surface area contributed by atoms with Gasteiger partial charge in [-0.2, -0.15) is 0 Å². The number of fused-ring (bicyclic) bond motifs is 1. The molecule has 0 radical (unpaired) electrons. The number of para-hydroxylation sites is 1. The lowest BCUT2D eigenvalue weighted by Crippen LogP contribution is -2.22. The first kappa shape index (κ1) is 20.8.